The van der Waals surface area contributed by atoms with Crippen molar-refractivity contribution in [3.05, 3.63) is 0 Å². The molecule has 19 heavy (non-hydrogen) atoms. The zero-order chi connectivity index (χ0) is 13.1. The molecule has 2 aliphatic carbocycles. The van der Waals surface area contributed by atoms with E-state index in [1.807, 2.05) is 0 Å². The maximum atomic E-state index is 3.87. The molecule has 0 spiro atoms. The summed E-state index contributed by atoms with van der Waals surface area (Å²) in [7, 11) is 0. The molecule has 2 atom stereocenters. The lowest BCUT2D eigenvalue weighted by Crippen LogP contribution is -2.50. The average Bonchev–Trinajstić information content (AvgIpc) is 2.79. The minimum absolute atomic E-state index is 0.769. The molecule has 0 aromatic carbocycles. The third-order valence-electron chi connectivity index (χ3n) is 5.65. The Morgan fingerprint density at radius 1 is 0.947 bits per heavy atom. The molecule has 0 bridgehead atoms. The van der Waals surface area contributed by atoms with Crippen LogP contribution in [0.2, 0.25) is 0 Å². The smallest absolute Gasteiger partial charge is 0.0198 e. The normalized spacial score (nSPS) is 34.6. The number of piperidine rings is 1. The van der Waals surface area contributed by atoms with Crippen LogP contribution in [0.3, 0.4) is 0 Å². The van der Waals surface area contributed by atoms with Crippen molar-refractivity contribution in [1.29, 1.82) is 0 Å². The van der Waals surface area contributed by atoms with Crippen LogP contribution in [0.4, 0.5) is 0 Å². The van der Waals surface area contributed by atoms with Crippen LogP contribution in [0.1, 0.15) is 58.3 Å². The monoisotopic (exact) mass is 264 g/mol. The highest BCUT2D eigenvalue weighted by Gasteiger charge is 2.28. The molecule has 1 aliphatic heterocycles. The number of nitrogens with zero attached hydrogens (tertiary/aromatic N) is 1. The van der Waals surface area contributed by atoms with E-state index in [0.717, 1.165) is 23.8 Å². The summed E-state index contributed by atoms with van der Waals surface area (Å²) in [6, 6.07) is 0.769. The second kappa shape index (κ2) is 6.58. The van der Waals surface area contributed by atoms with E-state index in [9.17, 15) is 0 Å². The van der Waals surface area contributed by atoms with Crippen LogP contribution in [-0.4, -0.2) is 37.1 Å². The Labute approximate surface area is 119 Å². The van der Waals surface area contributed by atoms with Crippen LogP contribution in [0, 0.1) is 17.8 Å². The van der Waals surface area contributed by atoms with Gasteiger partial charge < -0.3 is 10.2 Å². The summed E-state index contributed by atoms with van der Waals surface area (Å²) in [5.74, 6) is 2.90. The summed E-state index contributed by atoms with van der Waals surface area (Å²) in [5.41, 5.74) is 0. The van der Waals surface area contributed by atoms with E-state index in [1.54, 1.807) is 0 Å². The van der Waals surface area contributed by atoms with Gasteiger partial charge in [-0.2, -0.15) is 0 Å². The zero-order valence-corrected chi connectivity index (χ0v) is 12.7. The van der Waals surface area contributed by atoms with Gasteiger partial charge in [-0.05, 0) is 56.4 Å². The van der Waals surface area contributed by atoms with Crippen molar-refractivity contribution in [3.8, 4) is 0 Å². The topological polar surface area (TPSA) is 15.3 Å². The number of hydrogen-bond acceptors (Lipinski definition) is 2. The lowest BCUT2D eigenvalue weighted by molar-refractivity contribution is 0.125. The van der Waals surface area contributed by atoms with Crippen LogP contribution in [0.5, 0.6) is 0 Å². The highest BCUT2D eigenvalue weighted by molar-refractivity contribution is 4.85. The molecule has 2 unspecified atom stereocenters. The van der Waals surface area contributed by atoms with Crippen molar-refractivity contribution < 1.29 is 0 Å². The lowest BCUT2D eigenvalue weighted by atomic mass is 9.85. The average molecular weight is 264 g/mol. The van der Waals surface area contributed by atoms with E-state index in [-0.39, 0.29) is 0 Å². The van der Waals surface area contributed by atoms with Crippen molar-refractivity contribution in [2.45, 2.75) is 64.3 Å². The van der Waals surface area contributed by atoms with Crippen molar-refractivity contribution in [2.24, 2.45) is 17.8 Å². The van der Waals surface area contributed by atoms with Crippen LogP contribution < -0.4 is 5.32 Å². The molecular weight excluding hydrogens is 232 g/mol. The number of hydrogen-bond donors (Lipinski definition) is 1. The highest BCUT2D eigenvalue weighted by Crippen LogP contribution is 2.28. The second-order valence-corrected chi connectivity index (χ2v) is 7.61. The third-order valence-corrected chi connectivity index (χ3v) is 5.65. The highest BCUT2D eigenvalue weighted by atomic mass is 15.2. The largest absolute Gasteiger partial charge is 0.312 e. The first-order chi connectivity index (χ1) is 9.29. The van der Waals surface area contributed by atoms with E-state index >= 15 is 0 Å². The SMILES string of the molecule is CC1CC(NCC2CCC2)CN(CC2CCCC2)C1. The predicted octanol–water partition coefficient (Wildman–Crippen LogP) is 3.28. The van der Waals surface area contributed by atoms with Gasteiger partial charge in [0, 0.05) is 25.7 Å². The summed E-state index contributed by atoms with van der Waals surface area (Å²) in [5, 5.41) is 3.87. The standard InChI is InChI=1S/C17H32N2/c1-14-9-17(18-10-15-7-4-8-15)13-19(11-14)12-16-5-2-3-6-16/h14-18H,2-13H2,1H3. The molecular formula is C17H32N2. The van der Waals surface area contributed by atoms with Crippen LogP contribution >= 0.6 is 0 Å². The van der Waals surface area contributed by atoms with Crippen molar-refractivity contribution in [1.82, 2.24) is 10.2 Å². The molecule has 0 amide bonds. The number of likely N-dealkylation sites (tertiary alicyclic amines) is 1. The van der Waals surface area contributed by atoms with Crippen molar-refractivity contribution in [2.75, 3.05) is 26.2 Å². The van der Waals surface area contributed by atoms with Gasteiger partial charge in [-0.15, -0.1) is 0 Å². The van der Waals surface area contributed by atoms with Crippen molar-refractivity contribution >= 4 is 0 Å². The fraction of sp³-hybridized carbons (Fsp3) is 1.00. The van der Waals surface area contributed by atoms with Gasteiger partial charge in [0.15, 0.2) is 0 Å². The number of nitrogens with one attached hydrogen (secondary N) is 1. The van der Waals surface area contributed by atoms with Gasteiger partial charge in [0.2, 0.25) is 0 Å². The minimum Gasteiger partial charge on any atom is -0.312 e. The molecule has 1 heterocycles. The van der Waals surface area contributed by atoms with Crippen LogP contribution in [0.25, 0.3) is 0 Å². The van der Waals surface area contributed by atoms with Gasteiger partial charge in [0.05, 0.1) is 0 Å². The Kier molecular flexibility index (Phi) is 4.81. The van der Waals surface area contributed by atoms with E-state index < -0.39 is 0 Å². The van der Waals surface area contributed by atoms with Gasteiger partial charge in [0.25, 0.3) is 0 Å². The van der Waals surface area contributed by atoms with Gasteiger partial charge in [-0.3, -0.25) is 0 Å². The Bertz CT molecular complexity index is 268. The van der Waals surface area contributed by atoms with Gasteiger partial charge in [0.1, 0.15) is 0 Å². The molecule has 2 nitrogen and oxygen atoms in total. The zero-order valence-electron chi connectivity index (χ0n) is 12.7. The first-order valence-electron chi connectivity index (χ1n) is 8.75. The first-order valence-corrected chi connectivity index (χ1v) is 8.75. The minimum atomic E-state index is 0.769. The van der Waals surface area contributed by atoms with Crippen molar-refractivity contribution in [3.63, 3.8) is 0 Å². The molecule has 0 aromatic rings. The van der Waals surface area contributed by atoms with Crippen LogP contribution in [-0.2, 0) is 0 Å². The van der Waals surface area contributed by atoms with E-state index in [0.29, 0.717) is 0 Å². The Balaban J connectivity index is 1.42. The Morgan fingerprint density at radius 3 is 2.37 bits per heavy atom. The fourth-order valence-corrected chi connectivity index (χ4v) is 4.35. The molecule has 3 rings (SSSR count). The van der Waals surface area contributed by atoms with Crippen LogP contribution in [0.15, 0.2) is 0 Å². The molecule has 0 aromatic heterocycles. The molecule has 3 fully saturated rings. The lowest BCUT2D eigenvalue weighted by Gasteiger charge is -2.39. The van der Waals surface area contributed by atoms with Gasteiger partial charge in [-0.1, -0.05) is 26.2 Å². The first kappa shape index (κ1) is 13.9. The molecule has 2 saturated carbocycles. The maximum Gasteiger partial charge on any atom is 0.0198 e. The summed E-state index contributed by atoms with van der Waals surface area (Å²) in [4.78, 5) is 2.77. The number of rotatable bonds is 5. The Hall–Kier alpha value is -0.0800. The molecule has 1 saturated heterocycles. The summed E-state index contributed by atoms with van der Waals surface area (Å²) >= 11 is 0. The van der Waals surface area contributed by atoms with E-state index in [4.69, 9.17) is 0 Å². The molecule has 2 heteroatoms. The molecule has 0 radical (unpaired) electrons. The molecule has 1 N–H and O–H groups in total. The van der Waals surface area contributed by atoms with Gasteiger partial charge >= 0.3 is 0 Å². The fourth-order valence-electron chi connectivity index (χ4n) is 4.35. The quantitative estimate of drug-likeness (QED) is 0.820. The molecule has 3 aliphatic rings. The second-order valence-electron chi connectivity index (χ2n) is 7.61. The predicted molar refractivity (Wildman–Crippen MR) is 81.3 cm³/mol. The van der Waals surface area contributed by atoms with E-state index in [1.165, 1.54) is 77.5 Å². The third kappa shape index (κ3) is 3.95. The summed E-state index contributed by atoms with van der Waals surface area (Å²) in [6.45, 7) is 7.77. The van der Waals surface area contributed by atoms with Gasteiger partial charge in [-0.25, -0.2) is 0 Å². The summed E-state index contributed by atoms with van der Waals surface area (Å²) in [6.07, 6.45) is 11.8. The Morgan fingerprint density at radius 2 is 1.68 bits per heavy atom. The summed E-state index contributed by atoms with van der Waals surface area (Å²) < 4.78 is 0. The van der Waals surface area contributed by atoms with E-state index in [2.05, 4.69) is 17.1 Å². The molecule has 110 valence electrons. The maximum absolute atomic E-state index is 3.87.